The van der Waals surface area contributed by atoms with Crippen LogP contribution in [-0.2, 0) is 9.53 Å². The molecule has 0 aliphatic heterocycles. The van der Waals surface area contributed by atoms with Crippen molar-refractivity contribution in [2.75, 3.05) is 45.7 Å². The molecule has 2 aromatic rings. The van der Waals surface area contributed by atoms with Crippen LogP contribution in [0.5, 0.6) is 0 Å². The Labute approximate surface area is 234 Å². The van der Waals surface area contributed by atoms with Gasteiger partial charge in [0.25, 0.3) is 0 Å². The average molecular weight is 568 g/mol. The molecule has 3 rings (SSSR count). The van der Waals surface area contributed by atoms with E-state index in [9.17, 15) is 9.70 Å². The van der Waals surface area contributed by atoms with E-state index in [1.807, 2.05) is 45.3 Å². The van der Waals surface area contributed by atoms with E-state index in [-0.39, 0.29) is 17.3 Å². The van der Waals surface area contributed by atoms with Gasteiger partial charge in [-0.05, 0) is 52.1 Å². The van der Waals surface area contributed by atoms with E-state index in [2.05, 4.69) is 19.7 Å². The molecule has 0 spiro atoms. The third-order valence-electron chi connectivity index (χ3n) is 6.67. The zero-order valence-electron chi connectivity index (χ0n) is 21.7. The van der Waals surface area contributed by atoms with Gasteiger partial charge in [0.15, 0.2) is 0 Å². The number of halogens is 2. The number of benzene rings is 2. The molecule has 10 heteroatoms. The van der Waals surface area contributed by atoms with Gasteiger partial charge in [-0.1, -0.05) is 66.7 Å². The van der Waals surface area contributed by atoms with E-state index in [4.69, 9.17) is 27.9 Å². The number of esters is 1. The number of nitrogens with zero attached hydrogens (tertiary/aromatic N) is 3. The lowest BCUT2D eigenvalue weighted by Gasteiger charge is -2.41. The molecule has 0 saturated heterocycles. The molecule has 0 aromatic heterocycles. The van der Waals surface area contributed by atoms with E-state index >= 15 is 0 Å². The summed E-state index contributed by atoms with van der Waals surface area (Å²) in [5, 5.41) is 4.32. The number of nitrogens with one attached hydrogen (secondary N) is 1. The van der Waals surface area contributed by atoms with Crippen molar-refractivity contribution in [2.45, 2.75) is 49.8 Å². The summed E-state index contributed by atoms with van der Waals surface area (Å²) >= 11 is 14.0. The van der Waals surface area contributed by atoms with Crippen molar-refractivity contribution in [2.24, 2.45) is 4.58 Å². The Morgan fingerprint density at radius 2 is 1.76 bits per heavy atom. The fourth-order valence-corrected chi connectivity index (χ4v) is 6.19. The highest BCUT2D eigenvalue weighted by Crippen LogP contribution is 2.43. The molecule has 202 valence electrons. The highest BCUT2D eigenvalue weighted by Gasteiger charge is 2.40. The maximum Gasteiger partial charge on any atom is 0.328 e. The summed E-state index contributed by atoms with van der Waals surface area (Å²) in [4.78, 5) is 29.3. The van der Waals surface area contributed by atoms with Crippen LogP contribution in [0.1, 0.15) is 50.6 Å². The van der Waals surface area contributed by atoms with Gasteiger partial charge in [0.05, 0.1) is 27.1 Å². The van der Waals surface area contributed by atoms with Crippen LogP contribution in [0.2, 0.25) is 10.0 Å². The largest absolute Gasteiger partial charge is 0.465 e. The topological polar surface area (TPSA) is 74.2 Å². The molecule has 0 amide bonds. The van der Waals surface area contributed by atoms with E-state index in [1.165, 1.54) is 0 Å². The maximum absolute atomic E-state index is 13.6. The van der Waals surface area contributed by atoms with Crippen LogP contribution in [-0.4, -0.2) is 60.9 Å². The minimum atomic E-state index is -0.698. The van der Waals surface area contributed by atoms with E-state index in [0.717, 1.165) is 56.2 Å². The van der Waals surface area contributed by atoms with E-state index in [1.54, 1.807) is 18.2 Å². The Kier molecular flexibility index (Phi) is 11.5. The molecule has 0 radical (unpaired) electrons. The van der Waals surface area contributed by atoms with Crippen LogP contribution >= 0.6 is 35.1 Å². The zero-order chi connectivity index (χ0) is 26.8. The summed E-state index contributed by atoms with van der Waals surface area (Å²) < 4.78 is 8.53. The fraction of sp³-hybridized carbons (Fsp3) is 0.519. The lowest BCUT2D eigenvalue weighted by molar-refractivity contribution is -0.150. The zero-order valence-corrected chi connectivity index (χ0v) is 24.0. The number of para-hydroxylation sites is 2. The van der Waals surface area contributed by atoms with E-state index < -0.39 is 6.04 Å². The number of ether oxygens (including phenoxy) is 1. The van der Waals surface area contributed by atoms with Crippen LogP contribution in [0.25, 0.3) is 0 Å². The predicted octanol–water partition coefficient (Wildman–Crippen LogP) is 7.32. The summed E-state index contributed by atoms with van der Waals surface area (Å²) in [6.45, 7) is 3.96. The van der Waals surface area contributed by atoms with Crippen molar-refractivity contribution in [3.05, 3.63) is 63.0 Å². The van der Waals surface area contributed by atoms with Gasteiger partial charge in [-0.15, -0.1) is 4.91 Å². The normalized spacial score (nSPS) is 16.0. The van der Waals surface area contributed by atoms with E-state index in [0.29, 0.717) is 34.5 Å². The number of carbonyl (C=O) groups is 1. The summed E-state index contributed by atoms with van der Waals surface area (Å²) in [6, 6.07) is 12.3. The van der Waals surface area contributed by atoms with Crippen molar-refractivity contribution < 1.29 is 9.53 Å². The Balaban J connectivity index is 2.07. The Hall–Kier alpha value is -1.84. The van der Waals surface area contributed by atoms with Crippen LogP contribution in [0.4, 0.5) is 11.4 Å². The van der Waals surface area contributed by atoms with Gasteiger partial charge in [-0.25, -0.2) is 4.79 Å². The molecule has 7 nitrogen and oxygen atoms in total. The molecule has 1 atom stereocenters. The Morgan fingerprint density at radius 3 is 2.38 bits per heavy atom. The first kappa shape index (κ1) is 29.7. The van der Waals surface area contributed by atoms with Gasteiger partial charge in [0, 0.05) is 47.4 Å². The standard InChI is InChI=1S/C27H36Cl2N4O3S/c1-4-36-26(34)25(20-11-6-7-14-23(20)30-24-21(28)12-10-13-22(24)29)33(18-17-32(2)3)19-27(37-31-35)15-8-5-9-16-27/h6-7,10-14,25,30H,4-5,8-9,15-19H2,1-3H3. The molecule has 1 unspecified atom stereocenters. The molecule has 2 aromatic carbocycles. The first-order valence-electron chi connectivity index (χ1n) is 12.7. The number of carbonyl (C=O) groups excluding carboxylic acids is 1. The number of nitroso groups, excluding NO2 is 1. The summed E-state index contributed by atoms with van der Waals surface area (Å²) in [7, 11) is 4.01. The lowest BCUT2D eigenvalue weighted by atomic mass is 9.87. The predicted molar refractivity (Wildman–Crippen MR) is 155 cm³/mol. The van der Waals surface area contributed by atoms with Crippen LogP contribution < -0.4 is 5.32 Å². The van der Waals surface area contributed by atoms with Gasteiger partial charge >= 0.3 is 5.97 Å². The third-order valence-corrected chi connectivity index (χ3v) is 8.30. The molecular weight excluding hydrogens is 531 g/mol. The highest BCUT2D eigenvalue weighted by molar-refractivity contribution is 7.99. The van der Waals surface area contributed by atoms with Crippen molar-refractivity contribution >= 4 is 52.5 Å². The van der Waals surface area contributed by atoms with Crippen LogP contribution in [0.3, 0.4) is 0 Å². The smallest absolute Gasteiger partial charge is 0.328 e. The van der Waals surface area contributed by atoms with Gasteiger partial charge in [-0.3, -0.25) is 4.90 Å². The molecule has 1 saturated carbocycles. The van der Waals surface area contributed by atoms with Gasteiger partial charge < -0.3 is 15.0 Å². The number of hydrogen-bond donors (Lipinski definition) is 1. The minimum Gasteiger partial charge on any atom is -0.465 e. The first-order chi connectivity index (χ1) is 17.8. The number of hydrogen-bond acceptors (Lipinski definition) is 8. The number of likely N-dealkylation sites (N-methyl/N-ethyl adjacent to an activating group) is 1. The number of rotatable bonds is 13. The van der Waals surface area contributed by atoms with Crippen molar-refractivity contribution in [3.8, 4) is 0 Å². The van der Waals surface area contributed by atoms with Crippen molar-refractivity contribution in [1.82, 2.24) is 9.80 Å². The van der Waals surface area contributed by atoms with Gasteiger partial charge in [0.1, 0.15) is 6.04 Å². The molecule has 1 N–H and O–H groups in total. The molecule has 1 aliphatic rings. The molecule has 0 bridgehead atoms. The SMILES string of the molecule is CCOC(=O)C(c1ccccc1Nc1c(Cl)cccc1Cl)N(CCN(C)C)CC1(SN=O)CCCCC1. The first-order valence-corrected chi connectivity index (χ1v) is 14.2. The molecule has 1 aliphatic carbocycles. The van der Waals surface area contributed by atoms with Crippen LogP contribution in [0, 0.1) is 4.91 Å². The second-order valence-electron chi connectivity index (χ2n) is 9.65. The monoisotopic (exact) mass is 566 g/mol. The highest BCUT2D eigenvalue weighted by atomic mass is 35.5. The average Bonchev–Trinajstić information content (AvgIpc) is 2.86. The summed E-state index contributed by atoms with van der Waals surface area (Å²) in [6.07, 6.45) is 4.99. The molecule has 37 heavy (non-hydrogen) atoms. The second kappa shape index (κ2) is 14.4. The molecular formula is C27H36Cl2N4O3S. The van der Waals surface area contributed by atoms with Crippen molar-refractivity contribution in [3.63, 3.8) is 0 Å². The maximum atomic E-state index is 13.6. The summed E-state index contributed by atoms with van der Waals surface area (Å²) in [5.41, 5.74) is 2.04. The van der Waals surface area contributed by atoms with Gasteiger partial charge in [-0.2, -0.15) is 0 Å². The quantitative estimate of drug-likeness (QED) is 0.154. The number of anilines is 2. The lowest BCUT2D eigenvalue weighted by Crippen LogP contribution is -2.48. The minimum absolute atomic E-state index is 0.262. The third kappa shape index (κ3) is 8.07. The summed E-state index contributed by atoms with van der Waals surface area (Å²) in [5.74, 6) is -0.337. The fourth-order valence-electron chi connectivity index (χ4n) is 4.85. The second-order valence-corrected chi connectivity index (χ2v) is 11.7. The van der Waals surface area contributed by atoms with Crippen molar-refractivity contribution in [1.29, 1.82) is 0 Å². The Morgan fingerprint density at radius 1 is 1.08 bits per heavy atom. The Bertz CT molecular complexity index is 1030. The van der Waals surface area contributed by atoms with Crippen LogP contribution in [0.15, 0.2) is 47.0 Å². The molecule has 1 fully saturated rings. The van der Waals surface area contributed by atoms with Gasteiger partial charge in [0.2, 0.25) is 0 Å². The molecule has 0 heterocycles.